The number of carbonyl (C=O) groups is 1. The molecule has 0 aliphatic carbocycles. The molecular formula is C16H22O3S. The van der Waals surface area contributed by atoms with E-state index in [1.165, 1.54) is 0 Å². The Balaban J connectivity index is 2.11. The third kappa shape index (κ3) is 3.11. The summed E-state index contributed by atoms with van der Waals surface area (Å²) >= 11 is 0. The summed E-state index contributed by atoms with van der Waals surface area (Å²) < 4.78 is 17.4. The molecule has 0 atom stereocenters. The smallest absolute Gasteiger partial charge is 0.338 e. The fourth-order valence-electron chi connectivity index (χ4n) is 2.95. The zero-order valence-electron chi connectivity index (χ0n) is 12.5. The van der Waals surface area contributed by atoms with Crippen LogP contribution in [-0.2, 0) is 15.5 Å². The van der Waals surface area contributed by atoms with E-state index in [9.17, 15) is 9.00 Å². The van der Waals surface area contributed by atoms with E-state index >= 15 is 0 Å². The van der Waals surface area contributed by atoms with Crippen LogP contribution in [0.25, 0.3) is 0 Å². The normalized spacial score (nSPS) is 27.8. The van der Waals surface area contributed by atoms with Crippen LogP contribution in [0.5, 0.6) is 0 Å². The van der Waals surface area contributed by atoms with E-state index in [0.717, 1.165) is 0 Å². The lowest BCUT2D eigenvalue weighted by Gasteiger charge is -2.43. The second-order valence-electron chi connectivity index (χ2n) is 6.59. The van der Waals surface area contributed by atoms with E-state index in [1.807, 2.05) is 45.9 Å². The molecular weight excluding hydrogens is 272 g/mol. The molecule has 4 heteroatoms. The topological polar surface area (TPSA) is 43.4 Å². The fraction of sp³-hybridized carbons (Fsp3) is 0.562. The number of carbonyl (C=O) groups excluding carboxylic acids is 1. The van der Waals surface area contributed by atoms with Crippen LogP contribution in [0.3, 0.4) is 0 Å². The highest BCUT2D eigenvalue weighted by Gasteiger charge is 2.46. The first-order valence-corrected chi connectivity index (χ1v) is 8.05. The van der Waals surface area contributed by atoms with Crippen LogP contribution in [-0.4, -0.2) is 25.8 Å². The Hall–Kier alpha value is -1.16. The maximum Gasteiger partial charge on any atom is 0.338 e. The number of ether oxygens (including phenoxy) is 1. The highest BCUT2D eigenvalue weighted by atomic mass is 32.2. The standard InChI is InChI=1S/C16H22O3S/c1-15(2)10-13(11-16(3,4)20(15)18)19-14(17)12-8-6-5-7-9-12/h5-9,13H,10-11H2,1-4H3. The molecule has 0 aromatic heterocycles. The van der Waals surface area contributed by atoms with Gasteiger partial charge < -0.3 is 4.74 Å². The van der Waals surface area contributed by atoms with Crippen LogP contribution in [0.15, 0.2) is 30.3 Å². The molecule has 2 rings (SSSR count). The van der Waals surface area contributed by atoms with Gasteiger partial charge in [0.1, 0.15) is 6.10 Å². The maximum atomic E-state index is 12.4. The Labute approximate surface area is 123 Å². The molecule has 1 aliphatic heterocycles. The SMILES string of the molecule is CC1(C)CC(OC(=O)c2ccccc2)CC(C)(C)S1=O. The molecule has 0 saturated carbocycles. The quantitative estimate of drug-likeness (QED) is 0.786. The van der Waals surface area contributed by atoms with Crippen LogP contribution in [0, 0.1) is 0 Å². The summed E-state index contributed by atoms with van der Waals surface area (Å²) in [4.78, 5) is 12.1. The van der Waals surface area contributed by atoms with Crippen molar-refractivity contribution in [3.05, 3.63) is 35.9 Å². The van der Waals surface area contributed by atoms with E-state index in [-0.39, 0.29) is 21.6 Å². The van der Waals surface area contributed by atoms with E-state index < -0.39 is 10.8 Å². The predicted octanol–water partition coefficient (Wildman–Crippen LogP) is 3.31. The third-order valence-corrected chi connectivity index (χ3v) is 6.07. The summed E-state index contributed by atoms with van der Waals surface area (Å²) in [5, 5.41) is 0. The van der Waals surface area contributed by atoms with Crippen molar-refractivity contribution in [1.29, 1.82) is 0 Å². The molecule has 1 aliphatic rings. The molecule has 20 heavy (non-hydrogen) atoms. The molecule has 1 aromatic rings. The van der Waals surface area contributed by atoms with Crippen molar-refractivity contribution < 1.29 is 13.7 Å². The second-order valence-corrected chi connectivity index (χ2v) is 9.34. The Morgan fingerprint density at radius 2 is 1.60 bits per heavy atom. The van der Waals surface area contributed by atoms with E-state index in [4.69, 9.17) is 4.74 Å². The highest BCUT2D eigenvalue weighted by Crippen LogP contribution is 2.39. The summed E-state index contributed by atoms with van der Waals surface area (Å²) in [6.45, 7) is 7.92. The molecule has 0 bridgehead atoms. The van der Waals surface area contributed by atoms with Gasteiger partial charge in [-0.2, -0.15) is 0 Å². The lowest BCUT2D eigenvalue weighted by Crippen LogP contribution is -2.50. The average molecular weight is 294 g/mol. The minimum Gasteiger partial charge on any atom is -0.459 e. The number of esters is 1. The molecule has 1 heterocycles. The fourth-order valence-corrected chi connectivity index (χ4v) is 5.12. The zero-order chi connectivity index (χ0) is 15.0. The zero-order valence-corrected chi connectivity index (χ0v) is 13.3. The summed E-state index contributed by atoms with van der Waals surface area (Å²) in [5.74, 6) is -0.296. The Morgan fingerprint density at radius 1 is 1.10 bits per heavy atom. The van der Waals surface area contributed by atoms with Crippen molar-refractivity contribution in [3.63, 3.8) is 0 Å². The Kier molecular flexibility index (Phi) is 4.05. The van der Waals surface area contributed by atoms with E-state index in [2.05, 4.69) is 0 Å². The highest BCUT2D eigenvalue weighted by molar-refractivity contribution is 7.87. The van der Waals surface area contributed by atoms with Gasteiger partial charge in [-0.3, -0.25) is 4.21 Å². The molecule has 0 radical (unpaired) electrons. The van der Waals surface area contributed by atoms with Crippen molar-refractivity contribution in [2.75, 3.05) is 0 Å². The lowest BCUT2D eigenvalue weighted by molar-refractivity contribution is 0.0200. The van der Waals surface area contributed by atoms with Gasteiger partial charge in [-0.05, 0) is 39.8 Å². The summed E-state index contributed by atoms with van der Waals surface area (Å²) in [6, 6.07) is 9.01. The maximum absolute atomic E-state index is 12.4. The number of hydrogen-bond acceptors (Lipinski definition) is 3. The molecule has 110 valence electrons. The minimum atomic E-state index is -0.932. The van der Waals surface area contributed by atoms with Gasteiger partial charge in [0, 0.05) is 33.1 Å². The lowest BCUT2D eigenvalue weighted by atomic mass is 9.95. The molecule has 1 fully saturated rings. The van der Waals surface area contributed by atoms with Gasteiger partial charge in [-0.25, -0.2) is 4.79 Å². The Bertz CT molecular complexity index is 500. The minimum absolute atomic E-state index is 0.176. The van der Waals surface area contributed by atoms with Crippen molar-refractivity contribution in [1.82, 2.24) is 0 Å². The van der Waals surface area contributed by atoms with Crippen molar-refractivity contribution >= 4 is 16.8 Å². The van der Waals surface area contributed by atoms with Gasteiger partial charge in [0.15, 0.2) is 0 Å². The molecule has 0 unspecified atom stereocenters. The van der Waals surface area contributed by atoms with Crippen LogP contribution in [0.4, 0.5) is 0 Å². The summed E-state index contributed by atoms with van der Waals surface area (Å²) in [5.41, 5.74) is 0.565. The van der Waals surface area contributed by atoms with Gasteiger partial charge in [0.2, 0.25) is 0 Å². The second kappa shape index (κ2) is 5.32. The number of benzene rings is 1. The molecule has 1 saturated heterocycles. The molecule has 3 nitrogen and oxygen atoms in total. The van der Waals surface area contributed by atoms with Gasteiger partial charge in [-0.1, -0.05) is 18.2 Å². The molecule has 1 aromatic carbocycles. The summed E-state index contributed by atoms with van der Waals surface area (Å²) in [7, 11) is -0.932. The van der Waals surface area contributed by atoms with Crippen molar-refractivity contribution in [2.24, 2.45) is 0 Å². The van der Waals surface area contributed by atoms with E-state index in [1.54, 1.807) is 12.1 Å². The predicted molar refractivity (Wildman–Crippen MR) is 81.2 cm³/mol. The van der Waals surface area contributed by atoms with Crippen LogP contribution >= 0.6 is 0 Å². The molecule has 0 N–H and O–H groups in total. The molecule has 0 spiro atoms. The van der Waals surface area contributed by atoms with Gasteiger partial charge in [-0.15, -0.1) is 0 Å². The first kappa shape index (κ1) is 15.2. The monoisotopic (exact) mass is 294 g/mol. The van der Waals surface area contributed by atoms with Crippen LogP contribution in [0.2, 0.25) is 0 Å². The van der Waals surface area contributed by atoms with Crippen molar-refractivity contribution in [3.8, 4) is 0 Å². The van der Waals surface area contributed by atoms with Crippen LogP contribution in [0.1, 0.15) is 50.9 Å². The molecule has 0 amide bonds. The first-order chi connectivity index (χ1) is 9.22. The van der Waals surface area contributed by atoms with Gasteiger partial charge in [0.25, 0.3) is 0 Å². The van der Waals surface area contributed by atoms with Crippen LogP contribution < -0.4 is 0 Å². The number of rotatable bonds is 2. The Morgan fingerprint density at radius 3 is 2.10 bits per heavy atom. The van der Waals surface area contributed by atoms with E-state index in [0.29, 0.717) is 18.4 Å². The van der Waals surface area contributed by atoms with Gasteiger partial charge >= 0.3 is 5.97 Å². The first-order valence-electron chi connectivity index (χ1n) is 6.90. The summed E-state index contributed by atoms with van der Waals surface area (Å²) in [6.07, 6.45) is 1.11. The van der Waals surface area contributed by atoms with Crippen molar-refractivity contribution in [2.45, 2.75) is 56.1 Å². The largest absolute Gasteiger partial charge is 0.459 e. The third-order valence-electron chi connectivity index (χ3n) is 3.73. The number of hydrogen-bond donors (Lipinski definition) is 0. The average Bonchev–Trinajstić information content (AvgIpc) is 2.36. The van der Waals surface area contributed by atoms with Gasteiger partial charge in [0.05, 0.1) is 5.56 Å².